The maximum Gasteiger partial charge on any atom is 0.239 e. The lowest BCUT2D eigenvalue weighted by molar-refractivity contribution is -0.136. The Hall–Kier alpha value is -0.320. The molecule has 1 amide bonds. The second-order valence-electron chi connectivity index (χ2n) is 4.18. The number of nitrogens with one attached hydrogen (secondary N) is 2. The van der Waals surface area contributed by atoms with E-state index in [1.54, 1.807) is 0 Å². The fraction of sp³-hybridized carbons (Fsp3) is 0.900. The van der Waals surface area contributed by atoms with Gasteiger partial charge in [0.05, 0.1) is 6.04 Å². The fourth-order valence-electron chi connectivity index (χ4n) is 2.11. The Morgan fingerprint density at radius 3 is 2.33 bits per heavy atom. The molecule has 2 rings (SSSR count). The predicted molar refractivity (Wildman–Crippen MR) is 62.3 cm³/mol. The first-order chi connectivity index (χ1) is 6.81. The lowest BCUT2D eigenvalue weighted by atomic mass is 10.0. The van der Waals surface area contributed by atoms with Crippen LogP contribution >= 0.6 is 12.4 Å². The number of rotatable bonds is 2. The van der Waals surface area contributed by atoms with Gasteiger partial charge in [-0.1, -0.05) is 0 Å². The van der Waals surface area contributed by atoms with Gasteiger partial charge in [0, 0.05) is 19.1 Å². The van der Waals surface area contributed by atoms with Crippen molar-refractivity contribution in [2.45, 2.75) is 31.3 Å². The SMILES string of the molecule is CNC1CCN(C(=O)[C@H]2CCN2)CC1.Cl. The molecule has 0 spiro atoms. The number of nitrogens with zero attached hydrogens (tertiary/aromatic N) is 1. The summed E-state index contributed by atoms with van der Waals surface area (Å²) in [5.74, 6) is 0.311. The van der Waals surface area contributed by atoms with Gasteiger partial charge in [-0.15, -0.1) is 12.4 Å². The second-order valence-corrected chi connectivity index (χ2v) is 4.18. The molecule has 2 aliphatic rings. The van der Waals surface area contributed by atoms with Gasteiger partial charge in [-0.25, -0.2) is 0 Å². The maximum atomic E-state index is 11.8. The third-order valence-electron chi connectivity index (χ3n) is 3.34. The highest BCUT2D eigenvalue weighted by atomic mass is 35.5. The van der Waals surface area contributed by atoms with Gasteiger partial charge in [-0.2, -0.15) is 0 Å². The average molecular weight is 234 g/mol. The fourth-order valence-corrected chi connectivity index (χ4v) is 2.11. The minimum absolute atomic E-state index is 0. The molecule has 0 aliphatic carbocycles. The molecule has 5 heteroatoms. The van der Waals surface area contributed by atoms with Crippen molar-refractivity contribution in [2.24, 2.45) is 0 Å². The molecule has 0 saturated carbocycles. The summed E-state index contributed by atoms with van der Waals surface area (Å²) in [4.78, 5) is 13.8. The molecule has 2 N–H and O–H groups in total. The Bertz CT molecular complexity index is 213. The summed E-state index contributed by atoms with van der Waals surface area (Å²) in [5.41, 5.74) is 0. The van der Waals surface area contributed by atoms with Crippen LogP contribution in [0.25, 0.3) is 0 Å². The topological polar surface area (TPSA) is 44.4 Å². The summed E-state index contributed by atoms with van der Waals surface area (Å²) in [5, 5.41) is 6.43. The van der Waals surface area contributed by atoms with Crippen LogP contribution in [-0.2, 0) is 4.79 Å². The Labute approximate surface area is 97.2 Å². The van der Waals surface area contributed by atoms with E-state index in [0.29, 0.717) is 11.9 Å². The Balaban J connectivity index is 0.00000112. The maximum absolute atomic E-state index is 11.8. The number of hydrogen-bond donors (Lipinski definition) is 2. The molecule has 15 heavy (non-hydrogen) atoms. The van der Waals surface area contributed by atoms with Crippen molar-refractivity contribution in [3.05, 3.63) is 0 Å². The van der Waals surface area contributed by atoms with E-state index in [-0.39, 0.29) is 18.4 Å². The smallest absolute Gasteiger partial charge is 0.239 e. The Morgan fingerprint density at radius 1 is 1.33 bits per heavy atom. The largest absolute Gasteiger partial charge is 0.341 e. The van der Waals surface area contributed by atoms with E-state index in [1.807, 2.05) is 11.9 Å². The zero-order valence-corrected chi connectivity index (χ0v) is 9.98. The molecule has 2 saturated heterocycles. The number of piperidine rings is 1. The first-order valence-corrected chi connectivity index (χ1v) is 5.50. The van der Waals surface area contributed by atoms with Gasteiger partial charge in [0.2, 0.25) is 5.91 Å². The normalized spacial score (nSPS) is 26.7. The molecular formula is C10H20ClN3O. The number of carbonyl (C=O) groups excluding carboxylic acids is 1. The summed E-state index contributed by atoms with van der Waals surface area (Å²) < 4.78 is 0. The molecule has 1 atom stereocenters. The predicted octanol–water partition coefficient (Wildman–Crippen LogP) is -0.0195. The first-order valence-electron chi connectivity index (χ1n) is 5.50. The number of likely N-dealkylation sites (tertiary alicyclic amines) is 1. The van der Waals surface area contributed by atoms with Crippen molar-refractivity contribution >= 4 is 18.3 Å². The van der Waals surface area contributed by atoms with E-state index in [4.69, 9.17) is 0 Å². The van der Waals surface area contributed by atoms with Gasteiger partial charge >= 0.3 is 0 Å². The number of carbonyl (C=O) groups is 1. The monoisotopic (exact) mass is 233 g/mol. The van der Waals surface area contributed by atoms with Crippen LogP contribution in [0.3, 0.4) is 0 Å². The summed E-state index contributed by atoms with van der Waals surface area (Å²) >= 11 is 0. The molecule has 0 bridgehead atoms. The van der Waals surface area contributed by atoms with Crippen LogP contribution in [-0.4, -0.2) is 49.6 Å². The third kappa shape index (κ3) is 2.83. The molecule has 0 radical (unpaired) electrons. The third-order valence-corrected chi connectivity index (χ3v) is 3.34. The van der Waals surface area contributed by atoms with Crippen molar-refractivity contribution in [2.75, 3.05) is 26.7 Å². The van der Waals surface area contributed by atoms with Crippen LogP contribution in [0.15, 0.2) is 0 Å². The lowest BCUT2D eigenvalue weighted by Crippen LogP contribution is -2.56. The lowest BCUT2D eigenvalue weighted by Gasteiger charge is -2.37. The van der Waals surface area contributed by atoms with Crippen LogP contribution in [0.1, 0.15) is 19.3 Å². The molecule has 0 aromatic carbocycles. The number of hydrogen-bond acceptors (Lipinski definition) is 3. The zero-order valence-electron chi connectivity index (χ0n) is 9.16. The molecule has 2 heterocycles. The van der Waals surface area contributed by atoms with Gasteiger partial charge in [-0.3, -0.25) is 4.79 Å². The molecule has 0 aromatic rings. The molecule has 2 aliphatic heterocycles. The van der Waals surface area contributed by atoms with Crippen molar-refractivity contribution in [1.82, 2.24) is 15.5 Å². The quantitative estimate of drug-likeness (QED) is 0.705. The second kappa shape index (κ2) is 5.68. The van der Waals surface area contributed by atoms with Crippen molar-refractivity contribution in [1.29, 1.82) is 0 Å². The standard InChI is InChI=1S/C10H19N3O.ClH/c1-11-8-3-6-13(7-4-8)10(14)9-2-5-12-9;/h8-9,11-12H,2-7H2,1H3;1H/t9-;/m1./s1. The molecule has 0 aromatic heterocycles. The van der Waals surface area contributed by atoms with Crippen LogP contribution in [0.4, 0.5) is 0 Å². The average Bonchev–Trinajstić information content (AvgIpc) is 2.15. The molecule has 4 nitrogen and oxygen atoms in total. The van der Waals surface area contributed by atoms with E-state index in [1.165, 1.54) is 0 Å². The van der Waals surface area contributed by atoms with Gasteiger partial charge in [0.15, 0.2) is 0 Å². The van der Waals surface area contributed by atoms with Gasteiger partial charge in [0.1, 0.15) is 0 Å². The van der Waals surface area contributed by atoms with Crippen LogP contribution in [0.5, 0.6) is 0 Å². The van der Waals surface area contributed by atoms with E-state index in [9.17, 15) is 4.79 Å². The summed E-state index contributed by atoms with van der Waals surface area (Å²) in [6.45, 7) is 2.84. The molecule has 0 unspecified atom stereocenters. The van der Waals surface area contributed by atoms with E-state index in [0.717, 1.165) is 38.9 Å². The van der Waals surface area contributed by atoms with Crippen LogP contribution in [0, 0.1) is 0 Å². The van der Waals surface area contributed by atoms with E-state index >= 15 is 0 Å². The summed E-state index contributed by atoms with van der Waals surface area (Å²) in [6, 6.07) is 0.731. The Morgan fingerprint density at radius 2 is 1.93 bits per heavy atom. The zero-order chi connectivity index (χ0) is 9.97. The van der Waals surface area contributed by atoms with Crippen molar-refractivity contribution < 1.29 is 4.79 Å². The number of halogens is 1. The van der Waals surface area contributed by atoms with Crippen molar-refractivity contribution in [3.8, 4) is 0 Å². The van der Waals surface area contributed by atoms with Crippen molar-refractivity contribution in [3.63, 3.8) is 0 Å². The number of amides is 1. The van der Waals surface area contributed by atoms with Crippen LogP contribution in [0.2, 0.25) is 0 Å². The Kier molecular flexibility index (Phi) is 4.83. The summed E-state index contributed by atoms with van der Waals surface area (Å²) in [6.07, 6.45) is 3.20. The minimum Gasteiger partial charge on any atom is -0.341 e. The van der Waals surface area contributed by atoms with Gasteiger partial charge in [-0.05, 0) is 32.9 Å². The van der Waals surface area contributed by atoms with E-state index in [2.05, 4.69) is 10.6 Å². The minimum atomic E-state index is 0. The molecular weight excluding hydrogens is 214 g/mol. The molecule has 88 valence electrons. The first kappa shape index (κ1) is 12.7. The molecule has 2 fully saturated rings. The summed E-state index contributed by atoms with van der Waals surface area (Å²) in [7, 11) is 2.00. The van der Waals surface area contributed by atoms with E-state index < -0.39 is 0 Å². The van der Waals surface area contributed by atoms with Gasteiger partial charge < -0.3 is 15.5 Å². The highest BCUT2D eigenvalue weighted by Gasteiger charge is 2.30. The van der Waals surface area contributed by atoms with Gasteiger partial charge in [0.25, 0.3) is 0 Å². The van der Waals surface area contributed by atoms with Crippen LogP contribution < -0.4 is 10.6 Å². The highest BCUT2D eigenvalue weighted by molar-refractivity contribution is 5.85. The highest BCUT2D eigenvalue weighted by Crippen LogP contribution is 2.14.